The number of carbonyl (C=O) groups is 1. The number of rotatable bonds is 3. The number of hydrazine groups is 1. The molecule has 0 aromatic heterocycles. The zero-order valence-electron chi connectivity index (χ0n) is 7.96. The highest BCUT2D eigenvalue weighted by molar-refractivity contribution is 6.42. The van der Waals surface area contributed by atoms with Crippen LogP contribution in [0.4, 0.5) is 0 Å². The van der Waals surface area contributed by atoms with Gasteiger partial charge in [-0.1, -0.05) is 23.2 Å². The minimum absolute atomic E-state index is 0.370. The molecule has 0 saturated carbocycles. The minimum atomic E-state index is -0.688. The molecule has 6 heteroatoms. The van der Waals surface area contributed by atoms with E-state index in [1.807, 2.05) is 5.43 Å². The van der Waals surface area contributed by atoms with Crippen molar-refractivity contribution in [2.75, 3.05) is 0 Å². The van der Waals surface area contributed by atoms with Gasteiger partial charge in [0.15, 0.2) is 6.10 Å². The monoisotopic (exact) mass is 248 g/mol. The van der Waals surface area contributed by atoms with E-state index in [0.29, 0.717) is 15.8 Å². The average Bonchev–Trinajstić information content (AvgIpc) is 2.22. The second-order valence-corrected chi connectivity index (χ2v) is 3.66. The van der Waals surface area contributed by atoms with Gasteiger partial charge in [-0.05, 0) is 19.1 Å². The predicted molar refractivity (Wildman–Crippen MR) is 58.9 cm³/mol. The molecule has 0 aliphatic carbocycles. The molecule has 82 valence electrons. The lowest BCUT2D eigenvalue weighted by Crippen LogP contribution is -2.40. The lowest BCUT2D eigenvalue weighted by molar-refractivity contribution is -0.127. The lowest BCUT2D eigenvalue weighted by Gasteiger charge is -2.13. The van der Waals surface area contributed by atoms with Crippen LogP contribution in [0.1, 0.15) is 6.92 Å². The quantitative estimate of drug-likeness (QED) is 0.487. The Morgan fingerprint density at radius 3 is 2.67 bits per heavy atom. The SMILES string of the molecule is C[C@@H](Oc1ccc(Cl)c(Cl)c1)C(=O)NN. The highest BCUT2D eigenvalue weighted by Crippen LogP contribution is 2.26. The van der Waals surface area contributed by atoms with Gasteiger partial charge in [-0.3, -0.25) is 10.2 Å². The fourth-order valence-corrected chi connectivity index (χ4v) is 1.21. The molecule has 4 nitrogen and oxygen atoms in total. The molecule has 0 bridgehead atoms. The van der Waals surface area contributed by atoms with Gasteiger partial charge in [0.2, 0.25) is 0 Å². The molecule has 3 N–H and O–H groups in total. The molecular weight excluding hydrogens is 239 g/mol. The van der Waals surface area contributed by atoms with Crippen molar-refractivity contribution in [3.8, 4) is 5.75 Å². The fourth-order valence-electron chi connectivity index (χ4n) is 0.925. The van der Waals surface area contributed by atoms with Crippen molar-refractivity contribution < 1.29 is 9.53 Å². The first-order valence-corrected chi connectivity index (χ1v) is 4.92. The Hall–Kier alpha value is -0.970. The molecule has 1 aromatic rings. The summed E-state index contributed by atoms with van der Waals surface area (Å²) in [5, 5.41) is 0.800. The fraction of sp³-hybridized carbons (Fsp3) is 0.222. The number of nitrogens with one attached hydrogen (secondary N) is 1. The van der Waals surface area contributed by atoms with Crippen LogP contribution in [0.3, 0.4) is 0 Å². The third kappa shape index (κ3) is 3.27. The largest absolute Gasteiger partial charge is 0.481 e. The van der Waals surface area contributed by atoms with E-state index in [4.69, 9.17) is 33.8 Å². The number of halogens is 2. The average molecular weight is 249 g/mol. The zero-order valence-corrected chi connectivity index (χ0v) is 9.47. The predicted octanol–water partition coefficient (Wildman–Crippen LogP) is 1.75. The first-order chi connectivity index (χ1) is 7.04. The van der Waals surface area contributed by atoms with Crippen LogP contribution in [-0.2, 0) is 4.79 Å². The van der Waals surface area contributed by atoms with Gasteiger partial charge in [0.25, 0.3) is 5.91 Å². The second kappa shape index (κ2) is 5.21. The molecule has 1 atom stereocenters. The van der Waals surface area contributed by atoms with E-state index < -0.39 is 12.0 Å². The maximum absolute atomic E-state index is 11.0. The van der Waals surface area contributed by atoms with E-state index in [2.05, 4.69) is 0 Å². The van der Waals surface area contributed by atoms with Gasteiger partial charge in [0.1, 0.15) is 5.75 Å². The van der Waals surface area contributed by atoms with E-state index in [1.165, 1.54) is 6.07 Å². The molecular formula is C9H10Cl2N2O2. The number of nitrogens with two attached hydrogens (primary N) is 1. The van der Waals surface area contributed by atoms with Crippen LogP contribution in [-0.4, -0.2) is 12.0 Å². The molecule has 1 aromatic carbocycles. The van der Waals surface area contributed by atoms with Gasteiger partial charge in [-0.2, -0.15) is 0 Å². The topological polar surface area (TPSA) is 64.3 Å². The summed E-state index contributed by atoms with van der Waals surface area (Å²) in [6.07, 6.45) is -0.688. The van der Waals surface area contributed by atoms with Crippen molar-refractivity contribution in [1.82, 2.24) is 5.43 Å². The molecule has 15 heavy (non-hydrogen) atoms. The Labute approximate surface area is 97.3 Å². The highest BCUT2D eigenvalue weighted by Gasteiger charge is 2.13. The number of benzene rings is 1. The normalized spacial score (nSPS) is 12.0. The van der Waals surface area contributed by atoms with Gasteiger partial charge >= 0.3 is 0 Å². The number of hydrogen-bond donors (Lipinski definition) is 2. The van der Waals surface area contributed by atoms with Gasteiger partial charge in [0, 0.05) is 6.07 Å². The summed E-state index contributed by atoms with van der Waals surface area (Å²) >= 11 is 11.5. The van der Waals surface area contributed by atoms with Crippen molar-refractivity contribution in [3.05, 3.63) is 28.2 Å². The van der Waals surface area contributed by atoms with Crippen LogP contribution in [0.25, 0.3) is 0 Å². The number of amides is 1. The van der Waals surface area contributed by atoms with Gasteiger partial charge in [0.05, 0.1) is 10.0 Å². The third-order valence-corrected chi connectivity index (χ3v) is 2.45. The van der Waals surface area contributed by atoms with Crippen molar-refractivity contribution >= 4 is 29.1 Å². The maximum atomic E-state index is 11.0. The molecule has 0 radical (unpaired) electrons. The van der Waals surface area contributed by atoms with Gasteiger partial charge < -0.3 is 4.74 Å². The summed E-state index contributed by atoms with van der Waals surface area (Å²) in [7, 11) is 0. The van der Waals surface area contributed by atoms with Crippen LogP contribution in [0.5, 0.6) is 5.75 Å². The van der Waals surface area contributed by atoms with Gasteiger partial charge in [-0.15, -0.1) is 0 Å². The van der Waals surface area contributed by atoms with Crippen LogP contribution < -0.4 is 16.0 Å². The van der Waals surface area contributed by atoms with E-state index in [-0.39, 0.29) is 0 Å². The molecule has 0 spiro atoms. The molecule has 0 heterocycles. The molecule has 0 aliphatic heterocycles. The Bertz CT molecular complexity index is 371. The molecule has 1 rings (SSSR count). The Morgan fingerprint density at radius 1 is 1.47 bits per heavy atom. The highest BCUT2D eigenvalue weighted by atomic mass is 35.5. The van der Waals surface area contributed by atoms with E-state index >= 15 is 0 Å². The van der Waals surface area contributed by atoms with Crippen molar-refractivity contribution in [2.45, 2.75) is 13.0 Å². The maximum Gasteiger partial charge on any atom is 0.274 e. The van der Waals surface area contributed by atoms with Crippen LogP contribution in [0.15, 0.2) is 18.2 Å². The number of ether oxygens (including phenoxy) is 1. The van der Waals surface area contributed by atoms with E-state index in [1.54, 1.807) is 19.1 Å². The third-order valence-electron chi connectivity index (χ3n) is 1.72. The lowest BCUT2D eigenvalue weighted by atomic mass is 10.3. The van der Waals surface area contributed by atoms with Crippen LogP contribution in [0.2, 0.25) is 10.0 Å². The standard InChI is InChI=1S/C9H10Cl2N2O2/c1-5(9(14)13-12)15-6-2-3-7(10)8(11)4-6/h2-5H,12H2,1H3,(H,13,14)/t5-/m1/s1. The number of carbonyl (C=O) groups excluding carboxylic acids is 1. The molecule has 0 unspecified atom stereocenters. The Kier molecular flexibility index (Phi) is 4.20. The second-order valence-electron chi connectivity index (χ2n) is 2.84. The van der Waals surface area contributed by atoms with E-state index in [0.717, 1.165) is 0 Å². The minimum Gasteiger partial charge on any atom is -0.481 e. The smallest absolute Gasteiger partial charge is 0.274 e. The summed E-state index contributed by atoms with van der Waals surface area (Å²) in [5.41, 5.74) is 1.99. The van der Waals surface area contributed by atoms with Crippen LogP contribution in [0, 0.1) is 0 Å². The molecule has 1 amide bonds. The Morgan fingerprint density at radius 2 is 2.13 bits per heavy atom. The summed E-state index contributed by atoms with van der Waals surface area (Å²) in [4.78, 5) is 11.0. The van der Waals surface area contributed by atoms with Crippen molar-refractivity contribution in [3.63, 3.8) is 0 Å². The summed E-state index contributed by atoms with van der Waals surface area (Å²) < 4.78 is 5.27. The first-order valence-electron chi connectivity index (χ1n) is 4.16. The summed E-state index contributed by atoms with van der Waals surface area (Å²) in [5.74, 6) is 5.00. The zero-order chi connectivity index (χ0) is 11.4. The van der Waals surface area contributed by atoms with Crippen LogP contribution >= 0.6 is 23.2 Å². The summed E-state index contributed by atoms with van der Waals surface area (Å²) in [6, 6.07) is 4.74. The van der Waals surface area contributed by atoms with Crippen molar-refractivity contribution in [1.29, 1.82) is 0 Å². The summed E-state index contributed by atoms with van der Waals surface area (Å²) in [6.45, 7) is 1.57. The molecule has 0 aliphatic rings. The first kappa shape index (κ1) is 12.1. The van der Waals surface area contributed by atoms with Gasteiger partial charge in [-0.25, -0.2) is 5.84 Å². The number of hydrogen-bond acceptors (Lipinski definition) is 3. The van der Waals surface area contributed by atoms with E-state index in [9.17, 15) is 4.79 Å². The van der Waals surface area contributed by atoms with Crippen molar-refractivity contribution in [2.24, 2.45) is 5.84 Å². The Balaban J connectivity index is 2.73. The molecule has 0 fully saturated rings. The molecule has 0 saturated heterocycles.